The number of hydrogen-bond acceptors (Lipinski definition) is 4. The molecular formula is C23H23N3O2. The molecule has 3 aromatic rings. The topological polar surface area (TPSA) is 56.1 Å². The average Bonchev–Trinajstić information content (AvgIpc) is 3.04. The lowest BCUT2D eigenvalue weighted by atomic mass is 9.73. The Morgan fingerprint density at radius 3 is 2.68 bits per heavy atom. The van der Waals surface area contributed by atoms with Crippen molar-refractivity contribution < 1.29 is 9.53 Å². The zero-order chi connectivity index (χ0) is 19.5. The van der Waals surface area contributed by atoms with Gasteiger partial charge in [0.15, 0.2) is 5.78 Å². The Bertz CT molecular complexity index is 1140. The van der Waals surface area contributed by atoms with Gasteiger partial charge in [-0.15, -0.1) is 0 Å². The molecule has 28 heavy (non-hydrogen) atoms. The van der Waals surface area contributed by atoms with Crippen molar-refractivity contribution in [1.29, 1.82) is 0 Å². The van der Waals surface area contributed by atoms with Gasteiger partial charge in [0, 0.05) is 28.6 Å². The van der Waals surface area contributed by atoms with E-state index in [0.29, 0.717) is 6.42 Å². The Kier molecular flexibility index (Phi) is 3.63. The van der Waals surface area contributed by atoms with Gasteiger partial charge in [-0.05, 0) is 30.0 Å². The molecule has 1 unspecified atom stereocenters. The van der Waals surface area contributed by atoms with Crippen LogP contribution in [0.5, 0.6) is 5.75 Å². The van der Waals surface area contributed by atoms with E-state index in [1.165, 1.54) is 0 Å². The molecule has 0 fully saturated rings. The average molecular weight is 373 g/mol. The van der Waals surface area contributed by atoms with E-state index >= 15 is 0 Å². The molecule has 1 N–H and O–H groups in total. The van der Waals surface area contributed by atoms with Crippen molar-refractivity contribution in [2.45, 2.75) is 32.7 Å². The third-order valence-electron chi connectivity index (χ3n) is 5.74. The number of nitrogens with one attached hydrogen (secondary N) is 1. The maximum Gasteiger partial charge on any atom is 0.163 e. The first-order valence-corrected chi connectivity index (χ1v) is 9.62. The fourth-order valence-corrected chi connectivity index (χ4v) is 4.57. The van der Waals surface area contributed by atoms with Crippen molar-refractivity contribution in [1.82, 2.24) is 9.78 Å². The highest BCUT2D eigenvalue weighted by Crippen LogP contribution is 2.48. The maximum atomic E-state index is 13.3. The molecule has 0 radical (unpaired) electrons. The fraction of sp³-hybridized carbons (Fsp3) is 0.304. The van der Waals surface area contributed by atoms with E-state index in [-0.39, 0.29) is 17.2 Å². The molecule has 2 heterocycles. The lowest BCUT2D eigenvalue weighted by Gasteiger charge is -2.39. The number of fused-ring (bicyclic) bond motifs is 3. The molecule has 5 nitrogen and oxygen atoms in total. The van der Waals surface area contributed by atoms with Crippen molar-refractivity contribution in [3.05, 3.63) is 65.4 Å². The number of para-hydroxylation sites is 1. The molecule has 0 bridgehead atoms. The zero-order valence-electron chi connectivity index (χ0n) is 16.3. The van der Waals surface area contributed by atoms with Gasteiger partial charge >= 0.3 is 0 Å². The summed E-state index contributed by atoms with van der Waals surface area (Å²) in [5, 5.41) is 9.48. The highest BCUT2D eigenvalue weighted by atomic mass is 16.5. The third-order valence-corrected chi connectivity index (χ3v) is 5.74. The number of nitrogens with zero attached hydrogens (tertiary/aromatic N) is 2. The van der Waals surface area contributed by atoms with Crippen LogP contribution in [0.4, 0.5) is 5.82 Å². The molecule has 1 aromatic heterocycles. The van der Waals surface area contributed by atoms with Crippen LogP contribution < -0.4 is 10.1 Å². The lowest BCUT2D eigenvalue weighted by Crippen LogP contribution is -2.36. The quantitative estimate of drug-likeness (QED) is 0.707. The number of aromatic nitrogens is 2. The monoisotopic (exact) mass is 373 g/mol. The van der Waals surface area contributed by atoms with Crippen LogP contribution in [0.1, 0.15) is 38.3 Å². The molecule has 5 rings (SSSR count). The van der Waals surface area contributed by atoms with Crippen molar-refractivity contribution >= 4 is 22.5 Å². The van der Waals surface area contributed by atoms with Crippen LogP contribution in [0.15, 0.2) is 59.8 Å². The first-order valence-electron chi connectivity index (χ1n) is 9.62. The Hall–Kier alpha value is -3.08. The van der Waals surface area contributed by atoms with Gasteiger partial charge in [0.05, 0.1) is 12.6 Å². The summed E-state index contributed by atoms with van der Waals surface area (Å²) in [6.07, 6.45) is 1.37. The number of carbonyl (C=O) groups is 1. The molecule has 2 aliphatic rings. The number of hydrogen-bond donors (Lipinski definition) is 1. The SMILES string of the molecule is COc1ccccc1C1C2=C(CC(C)(C)CC2=O)Nc2c3ccccc3nn21. The Morgan fingerprint density at radius 2 is 1.86 bits per heavy atom. The molecule has 1 aliphatic carbocycles. The van der Waals surface area contributed by atoms with Crippen molar-refractivity contribution in [3.8, 4) is 5.75 Å². The van der Waals surface area contributed by atoms with E-state index in [4.69, 9.17) is 9.84 Å². The molecule has 0 spiro atoms. The second-order valence-corrected chi connectivity index (χ2v) is 8.41. The van der Waals surface area contributed by atoms with Crippen molar-refractivity contribution in [2.24, 2.45) is 5.41 Å². The van der Waals surface area contributed by atoms with Gasteiger partial charge in [0.1, 0.15) is 17.6 Å². The number of Topliss-reactive ketones (excluding diaryl/α,β-unsaturated/α-hetero) is 1. The highest BCUT2D eigenvalue weighted by Gasteiger charge is 2.42. The highest BCUT2D eigenvalue weighted by molar-refractivity contribution is 6.02. The van der Waals surface area contributed by atoms with Gasteiger partial charge in [-0.3, -0.25) is 4.79 Å². The van der Waals surface area contributed by atoms with Gasteiger partial charge in [-0.2, -0.15) is 5.10 Å². The van der Waals surface area contributed by atoms with E-state index in [0.717, 1.165) is 45.7 Å². The van der Waals surface area contributed by atoms with Crippen LogP contribution >= 0.6 is 0 Å². The minimum Gasteiger partial charge on any atom is -0.496 e. The lowest BCUT2D eigenvalue weighted by molar-refractivity contribution is -0.118. The minimum absolute atomic E-state index is 0.0633. The Balaban J connectivity index is 1.81. The number of carbonyl (C=O) groups excluding carboxylic acids is 1. The van der Waals surface area contributed by atoms with Crippen LogP contribution in [-0.2, 0) is 4.79 Å². The van der Waals surface area contributed by atoms with Crippen LogP contribution in [0.3, 0.4) is 0 Å². The number of rotatable bonds is 2. The van der Waals surface area contributed by atoms with E-state index in [2.05, 4.69) is 25.2 Å². The first-order chi connectivity index (χ1) is 13.5. The second-order valence-electron chi connectivity index (χ2n) is 8.41. The molecule has 2 aromatic carbocycles. The summed E-state index contributed by atoms with van der Waals surface area (Å²) in [4.78, 5) is 13.3. The second kappa shape index (κ2) is 5.96. The molecule has 0 saturated heterocycles. The van der Waals surface area contributed by atoms with Gasteiger partial charge in [-0.25, -0.2) is 4.68 Å². The first kappa shape index (κ1) is 17.0. The normalized spacial score (nSPS) is 20.5. The Morgan fingerprint density at radius 1 is 1.11 bits per heavy atom. The van der Waals surface area contributed by atoms with Gasteiger partial charge in [-0.1, -0.05) is 44.2 Å². The fourth-order valence-electron chi connectivity index (χ4n) is 4.57. The molecule has 1 atom stereocenters. The number of anilines is 1. The number of allylic oxidation sites excluding steroid dienone is 2. The van der Waals surface area contributed by atoms with E-state index in [9.17, 15) is 4.79 Å². The van der Waals surface area contributed by atoms with E-state index in [1.807, 2.05) is 47.1 Å². The summed E-state index contributed by atoms with van der Waals surface area (Å²) in [7, 11) is 1.67. The van der Waals surface area contributed by atoms with Crippen LogP contribution in [-0.4, -0.2) is 22.7 Å². The third kappa shape index (κ3) is 2.46. The predicted octanol–water partition coefficient (Wildman–Crippen LogP) is 4.70. The number of ketones is 1. The van der Waals surface area contributed by atoms with Gasteiger partial charge < -0.3 is 10.1 Å². The molecular weight excluding hydrogens is 350 g/mol. The molecule has 0 amide bonds. The van der Waals surface area contributed by atoms with E-state index < -0.39 is 0 Å². The van der Waals surface area contributed by atoms with Gasteiger partial charge in [0.25, 0.3) is 0 Å². The largest absolute Gasteiger partial charge is 0.496 e. The summed E-state index contributed by atoms with van der Waals surface area (Å²) in [5.41, 5.74) is 3.63. The summed E-state index contributed by atoms with van der Waals surface area (Å²) in [6, 6.07) is 15.7. The molecule has 1 aliphatic heterocycles. The summed E-state index contributed by atoms with van der Waals surface area (Å²) in [5.74, 6) is 1.89. The van der Waals surface area contributed by atoms with Gasteiger partial charge in [0.2, 0.25) is 0 Å². The summed E-state index contributed by atoms with van der Waals surface area (Å²) < 4.78 is 7.60. The van der Waals surface area contributed by atoms with Crippen LogP contribution in [0.2, 0.25) is 0 Å². The summed E-state index contributed by atoms with van der Waals surface area (Å²) in [6.45, 7) is 4.30. The van der Waals surface area contributed by atoms with Crippen LogP contribution in [0.25, 0.3) is 10.9 Å². The Labute approximate surface area is 164 Å². The number of benzene rings is 2. The maximum absolute atomic E-state index is 13.3. The molecule has 0 saturated carbocycles. The van der Waals surface area contributed by atoms with Crippen molar-refractivity contribution in [2.75, 3.05) is 12.4 Å². The number of ether oxygens (including phenoxy) is 1. The van der Waals surface area contributed by atoms with Crippen molar-refractivity contribution in [3.63, 3.8) is 0 Å². The number of methoxy groups -OCH3 is 1. The zero-order valence-corrected chi connectivity index (χ0v) is 16.3. The van der Waals surface area contributed by atoms with E-state index in [1.54, 1.807) is 7.11 Å². The molecule has 5 heteroatoms. The molecule has 142 valence electrons. The predicted molar refractivity (Wildman–Crippen MR) is 110 cm³/mol. The van der Waals surface area contributed by atoms with Crippen LogP contribution in [0, 0.1) is 5.41 Å². The summed E-state index contributed by atoms with van der Waals surface area (Å²) >= 11 is 0. The minimum atomic E-state index is -0.293. The standard InChI is InChI=1S/C23H23N3O2/c1-23(2)12-17-20(18(27)13-23)21(15-9-5-7-11-19(15)28-3)26-22(24-17)14-8-4-6-10-16(14)25-26/h4-11,21,24H,12-13H2,1-3H3. The smallest absolute Gasteiger partial charge is 0.163 e.